The molecule has 120 valence electrons. The fraction of sp³-hybridized carbons (Fsp3) is 0.471. The molecule has 2 saturated heterocycles. The molecule has 23 heavy (non-hydrogen) atoms. The van der Waals surface area contributed by atoms with Gasteiger partial charge in [-0.15, -0.1) is 0 Å². The number of amides is 1. The minimum absolute atomic E-state index is 0.112. The van der Waals surface area contributed by atoms with Gasteiger partial charge in [0.2, 0.25) is 0 Å². The molecule has 2 aliphatic heterocycles. The molecule has 2 aromatic rings. The van der Waals surface area contributed by atoms with Crippen molar-refractivity contribution in [2.45, 2.75) is 50.7 Å². The van der Waals surface area contributed by atoms with Crippen molar-refractivity contribution in [3.8, 4) is 0 Å². The van der Waals surface area contributed by atoms with Crippen molar-refractivity contribution in [1.29, 1.82) is 0 Å². The molecule has 0 aliphatic carbocycles. The topological polar surface area (TPSA) is 51.0 Å². The van der Waals surface area contributed by atoms with Crippen LogP contribution in [0.2, 0.25) is 0 Å². The summed E-state index contributed by atoms with van der Waals surface area (Å²) < 4.78 is 2.93. The first-order valence-electron chi connectivity index (χ1n) is 8.06. The van der Waals surface area contributed by atoms with E-state index in [1.54, 1.807) is 12.4 Å². The highest BCUT2D eigenvalue weighted by Crippen LogP contribution is 2.41. The molecule has 2 aromatic heterocycles. The Kier molecular flexibility index (Phi) is 3.71. The second-order valence-corrected chi connectivity index (χ2v) is 7.53. The summed E-state index contributed by atoms with van der Waals surface area (Å²) in [6, 6.07) is 2.90. The molecule has 0 saturated carbocycles. The summed E-state index contributed by atoms with van der Waals surface area (Å²) in [6.45, 7) is 2.07. The van der Waals surface area contributed by atoms with Crippen molar-refractivity contribution < 1.29 is 4.79 Å². The molecular weight excluding hydrogens is 356 g/mol. The number of hydrogen-bond donors (Lipinski definition) is 0. The monoisotopic (exact) mass is 374 g/mol. The Balaban J connectivity index is 1.55. The van der Waals surface area contributed by atoms with Crippen LogP contribution in [0.3, 0.4) is 0 Å². The van der Waals surface area contributed by atoms with E-state index in [0.717, 1.165) is 30.2 Å². The van der Waals surface area contributed by atoms with Crippen LogP contribution in [0, 0.1) is 6.92 Å². The van der Waals surface area contributed by atoms with Gasteiger partial charge < -0.3 is 4.90 Å². The molecule has 2 aliphatic rings. The maximum atomic E-state index is 12.9. The van der Waals surface area contributed by atoms with Crippen molar-refractivity contribution in [2.24, 2.45) is 0 Å². The summed E-state index contributed by atoms with van der Waals surface area (Å²) in [5.74, 6) is 0.112. The average molecular weight is 375 g/mol. The van der Waals surface area contributed by atoms with Crippen LogP contribution in [0.25, 0.3) is 0 Å². The van der Waals surface area contributed by atoms with Crippen molar-refractivity contribution in [3.05, 3.63) is 46.5 Å². The van der Waals surface area contributed by atoms with Gasteiger partial charge in [0.05, 0.1) is 17.8 Å². The molecule has 2 unspecified atom stereocenters. The van der Waals surface area contributed by atoms with E-state index in [1.807, 2.05) is 12.3 Å². The molecular formula is C17H19BrN4O. The maximum absolute atomic E-state index is 12.9. The molecule has 5 nitrogen and oxygen atoms in total. The van der Waals surface area contributed by atoms with Crippen molar-refractivity contribution in [3.63, 3.8) is 0 Å². The number of hydrogen-bond acceptors (Lipinski definition) is 3. The number of rotatable bonds is 2. The Morgan fingerprint density at radius 1 is 1.17 bits per heavy atom. The second kappa shape index (κ2) is 5.74. The summed E-state index contributed by atoms with van der Waals surface area (Å²) >= 11 is 3.40. The molecule has 2 bridgehead atoms. The zero-order valence-corrected chi connectivity index (χ0v) is 14.6. The van der Waals surface area contributed by atoms with E-state index < -0.39 is 0 Å². The lowest BCUT2D eigenvalue weighted by molar-refractivity contribution is 0.0523. The quantitative estimate of drug-likeness (QED) is 0.809. The van der Waals surface area contributed by atoms with Gasteiger partial charge in [0.1, 0.15) is 0 Å². The molecule has 2 fully saturated rings. The minimum Gasteiger partial charge on any atom is -0.332 e. The van der Waals surface area contributed by atoms with Gasteiger partial charge in [-0.05, 0) is 60.2 Å². The van der Waals surface area contributed by atoms with Crippen LogP contribution < -0.4 is 0 Å². The summed E-state index contributed by atoms with van der Waals surface area (Å²) in [4.78, 5) is 19.1. The number of carbonyl (C=O) groups excluding carboxylic acids is 1. The molecule has 2 atom stereocenters. The minimum atomic E-state index is 0.112. The van der Waals surface area contributed by atoms with Crippen molar-refractivity contribution in [1.82, 2.24) is 19.7 Å². The first kappa shape index (κ1) is 14.9. The smallest absolute Gasteiger partial charge is 0.255 e. The van der Waals surface area contributed by atoms with Crippen LogP contribution in [0.4, 0.5) is 0 Å². The Hall–Kier alpha value is -1.69. The van der Waals surface area contributed by atoms with Crippen molar-refractivity contribution in [2.75, 3.05) is 0 Å². The van der Waals surface area contributed by atoms with Crippen LogP contribution in [-0.4, -0.2) is 37.7 Å². The van der Waals surface area contributed by atoms with Gasteiger partial charge in [0.25, 0.3) is 5.91 Å². The zero-order valence-electron chi connectivity index (χ0n) is 13.0. The van der Waals surface area contributed by atoms with Crippen LogP contribution in [0.15, 0.2) is 35.3 Å². The van der Waals surface area contributed by atoms with E-state index in [-0.39, 0.29) is 5.91 Å². The fourth-order valence-electron chi connectivity index (χ4n) is 4.01. The Morgan fingerprint density at radius 3 is 2.52 bits per heavy atom. The number of piperidine rings is 1. The van der Waals surface area contributed by atoms with Gasteiger partial charge >= 0.3 is 0 Å². The highest BCUT2D eigenvalue weighted by atomic mass is 79.9. The number of nitrogens with zero attached hydrogens (tertiary/aromatic N) is 4. The first-order valence-corrected chi connectivity index (χ1v) is 8.85. The lowest BCUT2D eigenvalue weighted by atomic mass is 9.96. The van der Waals surface area contributed by atoms with Gasteiger partial charge in [0, 0.05) is 35.1 Å². The molecule has 4 heterocycles. The number of fused-ring (bicyclic) bond motifs is 2. The summed E-state index contributed by atoms with van der Waals surface area (Å²) in [7, 11) is 0. The number of aryl methyl sites for hydroxylation is 1. The molecule has 0 radical (unpaired) electrons. The summed E-state index contributed by atoms with van der Waals surface area (Å²) in [5.41, 5.74) is 1.86. The Bertz CT molecular complexity index is 730. The molecule has 0 N–H and O–H groups in total. The molecule has 6 heteroatoms. The number of halogens is 1. The third-order valence-corrected chi connectivity index (χ3v) is 5.43. The van der Waals surface area contributed by atoms with Crippen LogP contribution in [0.5, 0.6) is 0 Å². The van der Waals surface area contributed by atoms with Gasteiger partial charge in [-0.1, -0.05) is 0 Å². The van der Waals surface area contributed by atoms with E-state index in [2.05, 4.69) is 48.7 Å². The summed E-state index contributed by atoms with van der Waals surface area (Å²) in [6.07, 6.45) is 11.6. The van der Waals surface area contributed by atoms with Gasteiger partial charge in [-0.2, -0.15) is 5.10 Å². The molecule has 1 amide bonds. The SMILES string of the molecule is Cc1cnn(C2CC3CCC(C2)N3C(=O)c2cncc(Br)c2)c1. The van der Waals surface area contributed by atoms with Crippen molar-refractivity contribution >= 4 is 21.8 Å². The third-order valence-electron chi connectivity index (χ3n) is 5.00. The van der Waals surface area contributed by atoms with Gasteiger partial charge in [0.15, 0.2) is 0 Å². The predicted octanol–water partition coefficient (Wildman–Crippen LogP) is 3.36. The molecule has 0 aromatic carbocycles. The largest absolute Gasteiger partial charge is 0.332 e. The molecule has 0 spiro atoms. The van der Waals surface area contributed by atoms with Crippen LogP contribution in [-0.2, 0) is 0 Å². The highest BCUT2D eigenvalue weighted by Gasteiger charge is 2.44. The van der Waals surface area contributed by atoms with Crippen LogP contribution >= 0.6 is 15.9 Å². The van der Waals surface area contributed by atoms with E-state index >= 15 is 0 Å². The Labute approximate surface area is 143 Å². The molecule has 4 rings (SSSR count). The lowest BCUT2D eigenvalue weighted by Gasteiger charge is -2.39. The lowest BCUT2D eigenvalue weighted by Crippen LogP contribution is -2.47. The van der Waals surface area contributed by atoms with E-state index in [4.69, 9.17) is 0 Å². The predicted molar refractivity (Wildman–Crippen MR) is 90.2 cm³/mol. The maximum Gasteiger partial charge on any atom is 0.255 e. The number of aromatic nitrogens is 3. The van der Waals surface area contributed by atoms with E-state index in [1.165, 1.54) is 5.56 Å². The Morgan fingerprint density at radius 2 is 1.91 bits per heavy atom. The zero-order chi connectivity index (χ0) is 16.0. The first-order chi connectivity index (χ1) is 11.1. The normalized spacial score (nSPS) is 26.5. The summed E-state index contributed by atoms with van der Waals surface area (Å²) in [5, 5.41) is 4.47. The van der Waals surface area contributed by atoms with Crippen LogP contribution in [0.1, 0.15) is 47.6 Å². The van der Waals surface area contributed by atoms with E-state index in [0.29, 0.717) is 23.7 Å². The van der Waals surface area contributed by atoms with Gasteiger partial charge in [-0.25, -0.2) is 0 Å². The third kappa shape index (κ3) is 2.69. The standard InChI is InChI=1S/C17H19BrN4O/c1-11-7-20-21(10-11)16-5-14-2-3-15(6-16)22(14)17(23)12-4-13(18)9-19-8-12/h4,7-10,14-16H,2-3,5-6H2,1H3. The fourth-order valence-corrected chi connectivity index (χ4v) is 4.37. The average Bonchev–Trinajstić information content (AvgIpc) is 3.08. The van der Waals surface area contributed by atoms with E-state index in [9.17, 15) is 4.79 Å². The highest BCUT2D eigenvalue weighted by molar-refractivity contribution is 9.10. The number of carbonyl (C=O) groups is 1. The van der Waals surface area contributed by atoms with Gasteiger partial charge in [-0.3, -0.25) is 14.5 Å². The number of pyridine rings is 1. The second-order valence-electron chi connectivity index (χ2n) is 6.61.